The molecule has 0 aromatic rings. The summed E-state index contributed by atoms with van der Waals surface area (Å²) in [5.74, 6) is -1.78. The molecule has 0 aromatic carbocycles. The first-order chi connectivity index (χ1) is 26.7. The molecule has 0 radical (unpaired) electrons. The molecular weight excluding hydrogens is 717 g/mol. The summed E-state index contributed by atoms with van der Waals surface area (Å²) in [6.07, 6.45) is 44.8. The average Bonchev–Trinajstić information content (AvgIpc) is 3.16. The Morgan fingerprint density at radius 1 is 0.582 bits per heavy atom. The molecule has 0 rings (SSSR count). The van der Waals surface area contributed by atoms with E-state index in [1.807, 2.05) is 0 Å². The van der Waals surface area contributed by atoms with Gasteiger partial charge in [0.2, 0.25) is 0 Å². The Bertz CT molecular complexity index is 1020. The normalized spacial score (nSPS) is 14.3. The Hall–Kier alpha value is -1.81. The van der Waals surface area contributed by atoms with Crippen molar-refractivity contribution >= 4 is 19.8 Å². The molecule has 322 valence electrons. The first-order valence-electron chi connectivity index (χ1n) is 22.0. The molecule has 0 spiro atoms. The molecule has 0 fully saturated rings. The molecule has 0 amide bonds. The van der Waals surface area contributed by atoms with Gasteiger partial charge in [-0.1, -0.05) is 159 Å². The number of esters is 1. The van der Waals surface area contributed by atoms with Gasteiger partial charge in [0.05, 0.1) is 19.8 Å². The zero-order valence-corrected chi connectivity index (χ0v) is 35.9. The van der Waals surface area contributed by atoms with E-state index in [2.05, 4.69) is 50.3 Å². The van der Waals surface area contributed by atoms with Gasteiger partial charge in [0.15, 0.2) is 0 Å². The van der Waals surface area contributed by atoms with Gasteiger partial charge in [0, 0.05) is 13.0 Å². The highest BCUT2D eigenvalue weighted by Crippen LogP contribution is 2.43. The van der Waals surface area contributed by atoms with Crippen molar-refractivity contribution in [2.24, 2.45) is 5.73 Å². The first kappa shape index (κ1) is 53.2. The standard InChI is InChI=1S/C44H82NO9P/c1-3-5-7-9-11-13-15-17-18-19-20-21-22-23-24-25-26-28-30-32-34-36-43(46)54-41(39-52-55(49,50)53-40-42(45)44(47)48)38-51-37-35-33-31-29-27-16-14-12-10-8-6-4-2/h10,12,15,17,19-20,41-42H,3-9,11,13-14,16,18,21-40,45H2,1-2H3,(H,47,48)(H,49,50)/b12-10-,17-15-,20-19-. The average molecular weight is 800 g/mol. The molecule has 0 aromatic heterocycles. The van der Waals surface area contributed by atoms with Gasteiger partial charge in [-0.05, 0) is 64.2 Å². The smallest absolute Gasteiger partial charge is 0.472 e. The number of carboxylic acids is 1. The van der Waals surface area contributed by atoms with Gasteiger partial charge in [0.1, 0.15) is 12.1 Å². The number of phosphoric ester groups is 1. The Morgan fingerprint density at radius 3 is 1.55 bits per heavy atom. The third-order valence-electron chi connectivity index (χ3n) is 9.39. The second kappa shape index (κ2) is 40.4. The molecule has 4 N–H and O–H groups in total. The molecule has 0 saturated carbocycles. The summed E-state index contributed by atoms with van der Waals surface area (Å²) >= 11 is 0. The number of carbonyl (C=O) groups is 2. The number of nitrogens with two attached hydrogens (primary N) is 1. The van der Waals surface area contributed by atoms with Crippen molar-refractivity contribution in [3.63, 3.8) is 0 Å². The molecule has 0 saturated heterocycles. The molecule has 0 aliphatic carbocycles. The lowest BCUT2D eigenvalue weighted by Crippen LogP contribution is -2.34. The van der Waals surface area contributed by atoms with Crippen molar-refractivity contribution < 1.29 is 42.7 Å². The van der Waals surface area contributed by atoms with Gasteiger partial charge in [0.25, 0.3) is 0 Å². The van der Waals surface area contributed by atoms with E-state index < -0.39 is 45.1 Å². The highest BCUT2D eigenvalue weighted by molar-refractivity contribution is 7.47. The number of carboxylic acid groups (broad SMARTS) is 1. The number of carbonyl (C=O) groups excluding carboxylic acids is 1. The monoisotopic (exact) mass is 800 g/mol. The molecule has 0 bridgehead atoms. The van der Waals surface area contributed by atoms with Crippen molar-refractivity contribution in [3.8, 4) is 0 Å². The predicted octanol–water partition coefficient (Wildman–Crippen LogP) is 12.1. The second-order valence-corrected chi connectivity index (χ2v) is 16.3. The molecule has 0 aliphatic heterocycles. The van der Waals surface area contributed by atoms with Crippen LogP contribution in [0.25, 0.3) is 0 Å². The van der Waals surface area contributed by atoms with E-state index in [0.717, 1.165) is 57.8 Å². The Labute approximate surface area is 336 Å². The number of rotatable bonds is 42. The minimum absolute atomic E-state index is 0.0116. The molecule has 0 heterocycles. The maximum absolute atomic E-state index is 12.6. The summed E-state index contributed by atoms with van der Waals surface area (Å²) in [4.78, 5) is 33.5. The maximum atomic E-state index is 12.6. The van der Waals surface area contributed by atoms with Crippen molar-refractivity contribution in [1.29, 1.82) is 0 Å². The van der Waals surface area contributed by atoms with Crippen molar-refractivity contribution in [3.05, 3.63) is 36.5 Å². The van der Waals surface area contributed by atoms with Crippen LogP contribution in [0.4, 0.5) is 0 Å². The van der Waals surface area contributed by atoms with Crippen molar-refractivity contribution in [1.82, 2.24) is 0 Å². The van der Waals surface area contributed by atoms with Crippen LogP contribution in [-0.2, 0) is 32.7 Å². The van der Waals surface area contributed by atoms with Crippen LogP contribution in [-0.4, -0.2) is 60.5 Å². The summed E-state index contributed by atoms with van der Waals surface area (Å²) in [6.45, 7) is 3.82. The zero-order chi connectivity index (χ0) is 40.5. The summed E-state index contributed by atoms with van der Waals surface area (Å²) in [5, 5.41) is 8.89. The third-order valence-corrected chi connectivity index (χ3v) is 10.3. The number of allylic oxidation sites excluding steroid dienone is 6. The lowest BCUT2D eigenvalue weighted by atomic mass is 10.1. The summed E-state index contributed by atoms with van der Waals surface area (Å²) in [5.41, 5.74) is 5.35. The van der Waals surface area contributed by atoms with E-state index in [0.29, 0.717) is 13.0 Å². The number of hydrogen-bond donors (Lipinski definition) is 3. The van der Waals surface area contributed by atoms with Crippen molar-refractivity contribution in [2.75, 3.05) is 26.4 Å². The van der Waals surface area contributed by atoms with Gasteiger partial charge in [-0.2, -0.15) is 0 Å². The Balaban J connectivity index is 4.19. The van der Waals surface area contributed by atoms with Gasteiger partial charge < -0.3 is 25.2 Å². The van der Waals surface area contributed by atoms with E-state index in [9.17, 15) is 19.0 Å². The van der Waals surface area contributed by atoms with Gasteiger partial charge >= 0.3 is 19.8 Å². The molecule has 11 heteroatoms. The van der Waals surface area contributed by atoms with Crippen molar-refractivity contribution in [2.45, 2.75) is 206 Å². The van der Waals surface area contributed by atoms with Crippen LogP contribution in [0.15, 0.2) is 36.5 Å². The molecule has 3 atom stereocenters. The van der Waals surface area contributed by atoms with Crippen LogP contribution in [0.1, 0.15) is 194 Å². The number of unbranched alkanes of at least 4 members (excludes halogenated alkanes) is 22. The van der Waals surface area contributed by atoms with E-state index >= 15 is 0 Å². The number of ether oxygens (including phenoxy) is 2. The largest absolute Gasteiger partial charge is 0.480 e. The third kappa shape index (κ3) is 40.2. The minimum Gasteiger partial charge on any atom is -0.480 e. The summed E-state index contributed by atoms with van der Waals surface area (Å²) in [6, 6.07) is -1.47. The Kier molecular flexibility index (Phi) is 39.1. The molecule has 55 heavy (non-hydrogen) atoms. The lowest BCUT2D eigenvalue weighted by molar-refractivity contribution is -0.154. The highest BCUT2D eigenvalue weighted by Gasteiger charge is 2.27. The fraction of sp³-hybridized carbons (Fsp3) is 0.818. The topological polar surface area (TPSA) is 155 Å². The van der Waals surface area contributed by atoms with E-state index in [1.165, 1.54) is 109 Å². The molecule has 3 unspecified atom stereocenters. The van der Waals surface area contributed by atoms with Crippen LogP contribution in [0.3, 0.4) is 0 Å². The number of phosphoric acid groups is 1. The van der Waals surface area contributed by atoms with Crippen LogP contribution in [0, 0.1) is 0 Å². The van der Waals surface area contributed by atoms with E-state index in [-0.39, 0.29) is 13.0 Å². The molecular formula is C44H82NO9P. The fourth-order valence-corrected chi connectivity index (χ4v) is 6.69. The zero-order valence-electron chi connectivity index (χ0n) is 35.0. The SMILES string of the molecule is CCCC/C=C\CCCCCCCCOCC(COP(=O)(O)OCC(N)C(=O)O)OC(=O)CCCCCCCCCCC/C=C\C/C=C\CCCCCCC. The van der Waals surface area contributed by atoms with Gasteiger partial charge in [-0.3, -0.25) is 18.6 Å². The van der Waals surface area contributed by atoms with Crippen LogP contribution in [0.2, 0.25) is 0 Å². The van der Waals surface area contributed by atoms with Crippen LogP contribution >= 0.6 is 7.82 Å². The molecule has 0 aliphatic rings. The minimum atomic E-state index is -4.62. The predicted molar refractivity (Wildman–Crippen MR) is 226 cm³/mol. The molecule has 10 nitrogen and oxygen atoms in total. The van der Waals surface area contributed by atoms with Crippen LogP contribution in [0.5, 0.6) is 0 Å². The Morgan fingerprint density at radius 2 is 1.02 bits per heavy atom. The fourth-order valence-electron chi connectivity index (χ4n) is 5.91. The summed E-state index contributed by atoms with van der Waals surface area (Å²) < 4.78 is 33.3. The van der Waals surface area contributed by atoms with Gasteiger partial charge in [-0.25, -0.2) is 4.57 Å². The lowest BCUT2D eigenvalue weighted by Gasteiger charge is -2.20. The van der Waals surface area contributed by atoms with E-state index in [4.69, 9.17) is 29.4 Å². The maximum Gasteiger partial charge on any atom is 0.472 e. The number of hydrogen-bond acceptors (Lipinski definition) is 8. The van der Waals surface area contributed by atoms with Crippen LogP contribution < -0.4 is 5.73 Å². The quantitative estimate of drug-likeness (QED) is 0.0235. The van der Waals surface area contributed by atoms with E-state index in [1.54, 1.807) is 0 Å². The highest BCUT2D eigenvalue weighted by atomic mass is 31.2. The van der Waals surface area contributed by atoms with Gasteiger partial charge in [-0.15, -0.1) is 0 Å². The summed E-state index contributed by atoms with van der Waals surface area (Å²) in [7, 11) is -4.62. The second-order valence-electron chi connectivity index (χ2n) is 14.8. The first-order valence-corrected chi connectivity index (χ1v) is 23.5. The number of aliphatic carboxylic acids is 1.